The number of benzene rings is 3. The number of nitrogens with one attached hydrogen (secondary N) is 1. The highest BCUT2D eigenvalue weighted by Crippen LogP contribution is 2.54. The summed E-state index contributed by atoms with van der Waals surface area (Å²) < 4.78 is 12.6. The third-order valence-electron chi connectivity index (χ3n) is 6.99. The van der Waals surface area contributed by atoms with E-state index in [4.69, 9.17) is 20.8 Å². The second-order valence-corrected chi connectivity index (χ2v) is 10.3. The zero-order chi connectivity index (χ0) is 20.8. The standard InChI is InChI=1S/C26H24ClNO2/c1-25(2)9-10-26(3,4)16-12-21-18(11-15(16)25)28-19-13-17(27)23-22(24(19)30-21)14-7-5-6-8-20(14)29-23/h5-8,11-13,28H,9-10H2,1-4H3. The molecule has 1 aliphatic heterocycles. The number of ether oxygens (including phenoxy) is 1. The van der Waals surface area contributed by atoms with Crippen molar-refractivity contribution in [1.29, 1.82) is 0 Å². The molecule has 6 rings (SSSR count). The summed E-state index contributed by atoms with van der Waals surface area (Å²) in [5, 5.41) is 6.10. The first kappa shape index (κ1) is 18.1. The molecule has 0 spiro atoms. The van der Waals surface area contributed by atoms with Crippen LogP contribution in [0.1, 0.15) is 51.7 Å². The molecule has 30 heavy (non-hydrogen) atoms. The number of fused-ring (bicyclic) bond motifs is 7. The Morgan fingerprint density at radius 2 is 1.60 bits per heavy atom. The van der Waals surface area contributed by atoms with Gasteiger partial charge in [-0.25, -0.2) is 0 Å². The van der Waals surface area contributed by atoms with Gasteiger partial charge in [0.1, 0.15) is 5.58 Å². The highest BCUT2D eigenvalue weighted by atomic mass is 35.5. The lowest BCUT2D eigenvalue weighted by atomic mass is 9.63. The molecule has 3 aromatic carbocycles. The summed E-state index contributed by atoms with van der Waals surface area (Å²) in [5.41, 5.74) is 6.40. The van der Waals surface area contributed by atoms with Crippen LogP contribution in [0.3, 0.4) is 0 Å². The molecule has 0 bridgehead atoms. The highest BCUT2D eigenvalue weighted by molar-refractivity contribution is 6.37. The summed E-state index contributed by atoms with van der Waals surface area (Å²) in [4.78, 5) is 0. The Kier molecular flexibility index (Phi) is 3.47. The summed E-state index contributed by atoms with van der Waals surface area (Å²) in [6.07, 6.45) is 2.35. The van der Waals surface area contributed by atoms with Crippen molar-refractivity contribution in [1.82, 2.24) is 0 Å². The largest absolute Gasteiger partial charge is 0.454 e. The second kappa shape index (κ2) is 5.73. The quantitative estimate of drug-likeness (QED) is 0.274. The molecule has 0 unspecified atom stereocenters. The molecule has 1 N–H and O–H groups in total. The topological polar surface area (TPSA) is 34.4 Å². The van der Waals surface area contributed by atoms with Crippen LogP contribution < -0.4 is 10.1 Å². The molecule has 4 heteroatoms. The molecule has 2 aliphatic rings. The van der Waals surface area contributed by atoms with Crippen LogP contribution in [0, 0.1) is 0 Å². The lowest BCUT2D eigenvalue weighted by Gasteiger charge is -2.42. The molecule has 1 aliphatic carbocycles. The maximum absolute atomic E-state index is 6.60. The molecular formula is C26H24ClNO2. The van der Waals surface area contributed by atoms with E-state index in [1.165, 1.54) is 24.0 Å². The summed E-state index contributed by atoms with van der Waals surface area (Å²) >= 11 is 6.60. The van der Waals surface area contributed by atoms with E-state index in [2.05, 4.69) is 51.2 Å². The molecule has 0 saturated carbocycles. The van der Waals surface area contributed by atoms with Gasteiger partial charge in [-0.2, -0.15) is 0 Å². The van der Waals surface area contributed by atoms with Crippen molar-refractivity contribution >= 4 is 44.9 Å². The van der Waals surface area contributed by atoms with Gasteiger partial charge in [0.25, 0.3) is 0 Å². The predicted molar refractivity (Wildman–Crippen MR) is 124 cm³/mol. The van der Waals surface area contributed by atoms with E-state index < -0.39 is 0 Å². The van der Waals surface area contributed by atoms with E-state index in [9.17, 15) is 0 Å². The molecule has 2 heterocycles. The van der Waals surface area contributed by atoms with Gasteiger partial charge in [0.15, 0.2) is 17.1 Å². The number of halogens is 1. The molecule has 1 aromatic heterocycles. The van der Waals surface area contributed by atoms with Gasteiger partial charge in [-0.1, -0.05) is 57.5 Å². The molecule has 0 radical (unpaired) electrons. The van der Waals surface area contributed by atoms with Gasteiger partial charge < -0.3 is 14.5 Å². The molecule has 152 valence electrons. The van der Waals surface area contributed by atoms with Gasteiger partial charge in [-0.05, 0) is 59.1 Å². The van der Waals surface area contributed by atoms with E-state index in [0.29, 0.717) is 10.6 Å². The molecule has 0 fully saturated rings. The summed E-state index contributed by atoms with van der Waals surface area (Å²) in [6.45, 7) is 9.34. The smallest absolute Gasteiger partial charge is 0.162 e. The minimum absolute atomic E-state index is 0.126. The zero-order valence-corrected chi connectivity index (χ0v) is 18.4. The third kappa shape index (κ3) is 2.39. The first-order valence-corrected chi connectivity index (χ1v) is 10.9. The predicted octanol–water partition coefficient (Wildman–Crippen LogP) is 8.44. The van der Waals surface area contributed by atoms with Crippen LogP contribution in [-0.4, -0.2) is 0 Å². The lowest BCUT2D eigenvalue weighted by Crippen LogP contribution is -2.34. The molecule has 3 nitrogen and oxygen atoms in total. The molecule has 4 aromatic rings. The van der Waals surface area contributed by atoms with E-state index in [1.54, 1.807) is 0 Å². The van der Waals surface area contributed by atoms with Crippen molar-refractivity contribution in [3.05, 3.63) is 58.6 Å². The summed E-state index contributed by atoms with van der Waals surface area (Å²) in [7, 11) is 0. The summed E-state index contributed by atoms with van der Waals surface area (Å²) in [5.74, 6) is 1.64. The Morgan fingerprint density at radius 3 is 2.37 bits per heavy atom. The minimum atomic E-state index is 0.126. The van der Waals surface area contributed by atoms with E-state index in [-0.39, 0.29) is 10.8 Å². The van der Waals surface area contributed by atoms with Crippen LogP contribution >= 0.6 is 11.6 Å². The first-order chi connectivity index (χ1) is 14.2. The van der Waals surface area contributed by atoms with Crippen molar-refractivity contribution in [2.24, 2.45) is 0 Å². The Morgan fingerprint density at radius 1 is 0.900 bits per heavy atom. The van der Waals surface area contributed by atoms with E-state index in [1.807, 2.05) is 24.3 Å². The number of para-hydroxylation sites is 1. The second-order valence-electron chi connectivity index (χ2n) is 9.93. The van der Waals surface area contributed by atoms with Crippen LogP contribution in [0.5, 0.6) is 11.5 Å². The van der Waals surface area contributed by atoms with E-state index >= 15 is 0 Å². The van der Waals surface area contributed by atoms with Crippen LogP contribution in [-0.2, 0) is 10.8 Å². The fourth-order valence-corrected chi connectivity index (χ4v) is 5.30. The number of hydrogen-bond acceptors (Lipinski definition) is 3. The maximum atomic E-state index is 6.60. The van der Waals surface area contributed by atoms with Crippen molar-refractivity contribution in [3.63, 3.8) is 0 Å². The van der Waals surface area contributed by atoms with Gasteiger partial charge in [-0.3, -0.25) is 0 Å². The Labute approximate surface area is 181 Å². The van der Waals surface area contributed by atoms with Gasteiger partial charge >= 0.3 is 0 Å². The van der Waals surface area contributed by atoms with Crippen LogP contribution in [0.15, 0.2) is 46.9 Å². The molecule has 0 atom stereocenters. The zero-order valence-electron chi connectivity index (χ0n) is 17.7. The van der Waals surface area contributed by atoms with Crippen molar-refractivity contribution < 1.29 is 9.15 Å². The van der Waals surface area contributed by atoms with E-state index in [0.717, 1.165) is 39.2 Å². The third-order valence-corrected chi connectivity index (χ3v) is 7.27. The summed E-state index contributed by atoms with van der Waals surface area (Å²) in [6, 6.07) is 14.4. The van der Waals surface area contributed by atoms with Crippen LogP contribution in [0.2, 0.25) is 5.02 Å². The average molecular weight is 418 g/mol. The Bertz CT molecular complexity index is 1360. The molecular weight excluding hydrogens is 394 g/mol. The molecule has 0 amide bonds. The monoisotopic (exact) mass is 417 g/mol. The highest BCUT2D eigenvalue weighted by Gasteiger charge is 2.39. The Hall–Kier alpha value is -2.65. The molecule has 0 saturated heterocycles. The SMILES string of the molecule is CC1(C)CCC(C)(C)c2cc3c(cc21)Nc1cc(Cl)c2oc4ccccc4c2c1O3. The van der Waals surface area contributed by atoms with Crippen LogP contribution in [0.25, 0.3) is 21.9 Å². The van der Waals surface area contributed by atoms with Crippen molar-refractivity contribution in [2.45, 2.75) is 51.4 Å². The number of anilines is 2. The average Bonchev–Trinajstić information content (AvgIpc) is 3.10. The van der Waals surface area contributed by atoms with Gasteiger partial charge in [0, 0.05) is 5.39 Å². The lowest BCUT2D eigenvalue weighted by molar-refractivity contribution is 0.330. The van der Waals surface area contributed by atoms with Crippen LogP contribution in [0.4, 0.5) is 11.4 Å². The number of hydrogen-bond donors (Lipinski definition) is 1. The minimum Gasteiger partial charge on any atom is -0.454 e. The number of furan rings is 1. The fraction of sp³-hybridized carbons (Fsp3) is 0.308. The van der Waals surface area contributed by atoms with Gasteiger partial charge in [0.05, 0.1) is 21.8 Å². The normalized spacial score (nSPS) is 18.3. The number of rotatable bonds is 0. The Balaban J connectivity index is 1.60. The van der Waals surface area contributed by atoms with Gasteiger partial charge in [0.2, 0.25) is 0 Å². The van der Waals surface area contributed by atoms with Gasteiger partial charge in [-0.15, -0.1) is 0 Å². The first-order valence-electron chi connectivity index (χ1n) is 10.5. The van der Waals surface area contributed by atoms with Crippen molar-refractivity contribution in [2.75, 3.05) is 5.32 Å². The fourth-order valence-electron chi connectivity index (χ4n) is 5.06. The van der Waals surface area contributed by atoms with Crippen molar-refractivity contribution in [3.8, 4) is 11.5 Å². The maximum Gasteiger partial charge on any atom is 0.162 e.